The summed E-state index contributed by atoms with van der Waals surface area (Å²) in [5.41, 5.74) is 1.09. The summed E-state index contributed by atoms with van der Waals surface area (Å²) < 4.78 is 0. The third-order valence-electron chi connectivity index (χ3n) is 1.35. The number of benzene rings is 1. The Morgan fingerprint density at radius 3 is 2.80 bits per heavy atom. The molecule has 1 aromatic heterocycles. The lowest BCUT2D eigenvalue weighted by Gasteiger charge is -1.81. The lowest BCUT2D eigenvalue weighted by atomic mass is 10.3. The molecule has 3 nitrogen and oxygen atoms in total. The molecule has 0 aliphatic carbocycles. The van der Waals surface area contributed by atoms with Crippen LogP contribution in [0.4, 0.5) is 0 Å². The highest BCUT2D eigenvalue weighted by atomic mass is 15.1. The molecule has 0 fully saturated rings. The topological polar surface area (TPSA) is 59.2 Å². The molecule has 0 bridgehead atoms. The van der Waals surface area contributed by atoms with Gasteiger partial charge in [-0.15, -0.1) is 0 Å². The number of fused-ring (bicyclic) bond motifs is 1. The number of aromatic amines is 1. The van der Waals surface area contributed by atoms with E-state index in [1.807, 2.05) is 30.5 Å². The van der Waals surface area contributed by atoms with Gasteiger partial charge in [0.25, 0.3) is 0 Å². The van der Waals surface area contributed by atoms with Crippen LogP contribution in [0.2, 0.25) is 0 Å². The summed E-state index contributed by atoms with van der Waals surface area (Å²) in [6, 6.07) is 8.01. The van der Waals surface area contributed by atoms with Crippen LogP contribution < -0.4 is 6.15 Å². The molecule has 3 heteroatoms. The first-order valence-corrected chi connectivity index (χ1v) is 2.85. The number of aromatic nitrogens is 2. The third kappa shape index (κ3) is 0.867. The average Bonchev–Trinajstić information content (AvgIpc) is 2.33. The summed E-state index contributed by atoms with van der Waals surface area (Å²) in [6.07, 6.45) is 1.81. The fourth-order valence-corrected chi connectivity index (χ4v) is 0.883. The van der Waals surface area contributed by atoms with Gasteiger partial charge in [-0.2, -0.15) is 5.10 Å². The van der Waals surface area contributed by atoms with Gasteiger partial charge >= 0.3 is 0 Å². The molecule has 3 radical (unpaired) electrons. The van der Waals surface area contributed by atoms with Crippen molar-refractivity contribution in [1.82, 2.24) is 16.3 Å². The first kappa shape index (κ1) is 6.77. The number of rotatable bonds is 0. The summed E-state index contributed by atoms with van der Waals surface area (Å²) in [5.74, 6) is 0. The summed E-state index contributed by atoms with van der Waals surface area (Å²) in [5, 5.41) is 7.91. The molecule has 0 saturated carbocycles. The van der Waals surface area contributed by atoms with Crippen molar-refractivity contribution in [2.45, 2.75) is 0 Å². The molecule has 0 saturated heterocycles. The van der Waals surface area contributed by atoms with Gasteiger partial charge in [-0.1, -0.05) is 18.2 Å². The predicted molar refractivity (Wildman–Crippen MR) is 38.2 cm³/mol. The van der Waals surface area contributed by atoms with E-state index < -0.39 is 0 Å². The Bertz CT molecular complexity index is 283. The van der Waals surface area contributed by atoms with E-state index in [9.17, 15) is 0 Å². The highest BCUT2D eigenvalue weighted by Crippen LogP contribution is 2.06. The molecule has 1 N–H and O–H groups in total. The normalized spacial score (nSPS) is 9.20. The van der Waals surface area contributed by atoms with Crippen molar-refractivity contribution in [2.75, 3.05) is 0 Å². The molecule has 0 aliphatic heterocycles. The summed E-state index contributed by atoms with van der Waals surface area (Å²) in [4.78, 5) is 0. The van der Waals surface area contributed by atoms with E-state index in [0.29, 0.717) is 0 Å². The lowest BCUT2D eigenvalue weighted by molar-refractivity contribution is 1.12. The van der Waals surface area contributed by atoms with Crippen molar-refractivity contribution in [1.29, 1.82) is 0 Å². The van der Waals surface area contributed by atoms with Crippen LogP contribution in [-0.4, -0.2) is 10.2 Å². The van der Waals surface area contributed by atoms with Crippen LogP contribution in [0.1, 0.15) is 0 Å². The minimum Gasteiger partial charge on any atom is -0.278 e. The van der Waals surface area contributed by atoms with Crippen molar-refractivity contribution in [3.05, 3.63) is 30.5 Å². The van der Waals surface area contributed by atoms with Crippen LogP contribution in [0.5, 0.6) is 0 Å². The van der Waals surface area contributed by atoms with Crippen molar-refractivity contribution in [3.8, 4) is 0 Å². The maximum Gasteiger partial charge on any atom is 0.0650 e. The van der Waals surface area contributed by atoms with E-state index in [1.54, 1.807) is 0 Å². The molecule has 49 valence electrons. The number of H-pyrrole nitrogens is 1. The largest absolute Gasteiger partial charge is 0.278 e. The number of nitrogens with one attached hydrogen (secondary N) is 1. The van der Waals surface area contributed by atoms with Gasteiger partial charge in [-0.3, -0.25) is 5.10 Å². The predicted octanol–water partition coefficient (Wildman–Crippen LogP) is 1.08. The number of hydrogen-bond acceptors (Lipinski definition) is 1. The first-order chi connectivity index (χ1) is 4.47. The van der Waals surface area contributed by atoms with Crippen LogP contribution in [0, 0.1) is 0 Å². The summed E-state index contributed by atoms with van der Waals surface area (Å²) >= 11 is 0. The number of nitrogens with zero attached hydrogens (tertiary/aromatic N) is 2. The van der Waals surface area contributed by atoms with Gasteiger partial charge in [0, 0.05) is 11.5 Å². The molecule has 0 atom stereocenters. The van der Waals surface area contributed by atoms with Gasteiger partial charge in [-0.25, -0.2) is 0 Å². The average molecular weight is 132 g/mol. The van der Waals surface area contributed by atoms with Crippen molar-refractivity contribution < 1.29 is 0 Å². The second kappa shape index (κ2) is 2.49. The van der Waals surface area contributed by atoms with E-state index in [4.69, 9.17) is 0 Å². The Balaban J connectivity index is 0.000000500. The van der Waals surface area contributed by atoms with Gasteiger partial charge in [0.2, 0.25) is 0 Å². The van der Waals surface area contributed by atoms with Crippen LogP contribution in [0.25, 0.3) is 10.9 Å². The van der Waals surface area contributed by atoms with Gasteiger partial charge < -0.3 is 0 Å². The molecular formula is C7H6N3. The van der Waals surface area contributed by atoms with Crippen LogP contribution in [0.3, 0.4) is 0 Å². The maximum absolute atomic E-state index is 3.88. The molecule has 0 amide bonds. The molecule has 2 rings (SSSR count). The van der Waals surface area contributed by atoms with E-state index in [1.165, 1.54) is 0 Å². The minimum atomic E-state index is 0. The second-order valence-corrected chi connectivity index (χ2v) is 1.96. The molecular weight excluding hydrogens is 126 g/mol. The monoisotopic (exact) mass is 132 g/mol. The van der Waals surface area contributed by atoms with Crippen molar-refractivity contribution in [2.24, 2.45) is 0 Å². The Kier molecular flexibility index (Phi) is 1.69. The molecule has 0 spiro atoms. The van der Waals surface area contributed by atoms with Crippen molar-refractivity contribution >= 4 is 10.9 Å². The number of hydrogen-bond donors (Lipinski definition) is 1. The maximum atomic E-state index is 3.88. The molecule has 10 heavy (non-hydrogen) atoms. The van der Waals surface area contributed by atoms with Crippen LogP contribution in [0.15, 0.2) is 30.5 Å². The Hall–Kier alpha value is -1.35. The molecule has 2 aromatic rings. The molecule has 1 aromatic carbocycles. The Morgan fingerprint density at radius 2 is 2.00 bits per heavy atom. The quantitative estimate of drug-likeness (QED) is 0.572. The smallest absolute Gasteiger partial charge is 0.0650 e. The van der Waals surface area contributed by atoms with E-state index >= 15 is 0 Å². The fourth-order valence-electron chi connectivity index (χ4n) is 0.883. The minimum absolute atomic E-state index is 0. The second-order valence-electron chi connectivity index (χ2n) is 1.96. The SMILES string of the molecule is [N].c1ccc2[nH]ncc2c1. The zero-order valence-corrected chi connectivity index (χ0v) is 5.28. The molecule has 0 aliphatic rings. The zero-order valence-electron chi connectivity index (χ0n) is 5.28. The van der Waals surface area contributed by atoms with Gasteiger partial charge in [0.1, 0.15) is 0 Å². The van der Waals surface area contributed by atoms with Gasteiger partial charge in [-0.05, 0) is 6.07 Å². The molecule has 0 unspecified atom stereocenters. The third-order valence-corrected chi connectivity index (χ3v) is 1.35. The van der Waals surface area contributed by atoms with Crippen molar-refractivity contribution in [3.63, 3.8) is 0 Å². The van der Waals surface area contributed by atoms with Gasteiger partial charge in [0.15, 0.2) is 0 Å². The zero-order chi connectivity index (χ0) is 6.10. The first-order valence-electron chi connectivity index (χ1n) is 2.85. The fraction of sp³-hybridized carbons (Fsp3) is 0. The van der Waals surface area contributed by atoms with E-state index in [0.717, 1.165) is 10.9 Å². The van der Waals surface area contributed by atoms with Crippen LogP contribution >= 0.6 is 0 Å². The standard InChI is InChI=1S/C7H6N2.N/c1-2-4-7-6(3-1)5-8-9-7;/h1-5H,(H,8,9);. The lowest BCUT2D eigenvalue weighted by Crippen LogP contribution is -1.63. The Morgan fingerprint density at radius 1 is 1.20 bits per heavy atom. The number of para-hydroxylation sites is 1. The summed E-state index contributed by atoms with van der Waals surface area (Å²) in [7, 11) is 0. The Labute approximate surface area is 58.6 Å². The van der Waals surface area contributed by atoms with Gasteiger partial charge in [0.05, 0.1) is 11.7 Å². The highest BCUT2D eigenvalue weighted by Gasteiger charge is 1.88. The molecule has 1 heterocycles. The summed E-state index contributed by atoms with van der Waals surface area (Å²) in [6.45, 7) is 0. The van der Waals surface area contributed by atoms with E-state index in [2.05, 4.69) is 10.2 Å². The highest BCUT2D eigenvalue weighted by molar-refractivity contribution is 5.77. The van der Waals surface area contributed by atoms with E-state index in [-0.39, 0.29) is 6.15 Å². The van der Waals surface area contributed by atoms with Crippen LogP contribution in [-0.2, 0) is 0 Å².